The summed E-state index contributed by atoms with van der Waals surface area (Å²) in [7, 11) is 0. The molecule has 1 aromatic heterocycles. The maximum atomic E-state index is 13.9. The van der Waals surface area contributed by atoms with Gasteiger partial charge in [-0.15, -0.1) is 0 Å². The van der Waals surface area contributed by atoms with Gasteiger partial charge in [0.1, 0.15) is 23.2 Å². The van der Waals surface area contributed by atoms with Crippen molar-refractivity contribution >= 4 is 11.7 Å². The normalized spacial score (nSPS) is 19.6. The number of nitrogens with one attached hydrogen (secondary N) is 1. The van der Waals surface area contributed by atoms with Crippen molar-refractivity contribution in [3.8, 4) is 0 Å². The average molecular weight is 372 g/mol. The molecule has 1 atom stereocenters. The molecule has 2 aromatic rings. The number of carbonyl (C=O) groups excluding carboxylic acids is 1. The first-order valence-corrected chi connectivity index (χ1v) is 8.70. The molecule has 4 rings (SSSR count). The van der Waals surface area contributed by atoms with Crippen LogP contribution in [0.4, 0.5) is 14.6 Å². The maximum absolute atomic E-state index is 13.9. The van der Waals surface area contributed by atoms with Crippen molar-refractivity contribution in [2.75, 3.05) is 18.1 Å². The van der Waals surface area contributed by atoms with Crippen LogP contribution in [0.3, 0.4) is 0 Å². The molecule has 1 aromatic carbocycles. The van der Waals surface area contributed by atoms with Crippen LogP contribution in [0.15, 0.2) is 54.6 Å². The van der Waals surface area contributed by atoms with Gasteiger partial charge < -0.3 is 9.74 Å². The number of nitrogens with zero attached hydrogens (tertiary/aromatic N) is 3. The van der Waals surface area contributed by atoms with Gasteiger partial charge in [0.25, 0.3) is 5.91 Å². The monoisotopic (exact) mass is 372 g/mol. The van der Waals surface area contributed by atoms with Gasteiger partial charge in [-0.05, 0) is 37.1 Å². The Morgan fingerprint density at radius 1 is 1.26 bits per heavy atom. The number of pyridine rings is 1. The standard InChI is InChI=1S/C19H18F2N4O2/c20-14-6-7-15(16(21)10-14)19(26)24-9-3-4-13(11-24)17-12-25(23-27-17)18-5-1-2-8-22-18/h1-2,5-8,10,12-13,23H,3-4,9,11H2/t13-/m0/s1. The molecule has 1 N–H and O–H groups in total. The summed E-state index contributed by atoms with van der Waals surface area (Å²) in [5, 5.41) is 1.66. The van der Waals surface area contributed by atoms with Gasteiger partial charge in [-0.3, -0.25) is 4.79 Å². The van der Waals surface area contributed by atoms with Gasteiger partial charge in [-0.25, -0.2) is 18.8 Å². The highest BCUT2D eigenvalue weighted by Crippen LogP contribution is 2.28. The molecule has 6 nitrogen and oxygen atoms in total. The third-order valence-corrected chi connectivity index (χ3v) is 4.69. The van der Waals surface area contributed by atoms with E-state index in [0.717, 1.165) is 25.0 Å². The van der Waals surface area contributed by atoms with E-state index in [4.69, 9.17) is 4.84 Å². The molecule has 0 spiro atoms. The summed E-state index contributed by atoms with van der Waals surface area (Å²) in [5.74, 6) is -0.632. The van der Waals surface area contributed by atoms with E-state index in [-0.39, 0.29) is 11.5 Å². The Morgan fingerprint density at radius 3 is 2.93 bits per heavy atom. The number of halogens is 2. The van der Waals surface area contributed by atoms with Crippen LogP contribution in [-0.2, 0) is 4.84 Å². The van der Waals surface area contributed by atoms with E-state index in [1.165, 1.54) is 6.07 Å². The number of benzene rings is 1. The highest BCUT2D eigenvalue weighted by atomic mass is 19.1. The third kappa shape index (κ3) is 3.61. The molecule has 2 aliphatic rings. The maximum Gasteiger partial charge on any atom is 0.256 e. The lowest BCUT2D eigenvalue weighted by molar-refractivity contribution is 0.0573. The minimum atomic E-state index is -0.846. The van der Waals surface area contributed by atoms with Crippen molar-refractivity contribution in [1.82, 2.24) is 15.5 Å². The SMILES string of the molecule is O=C(c1ccc(F)cc1F)N1CCC[C@H](C2=CN(c3ccccn3)NO2)C1. The van der Waals surface area contributed by atoms with Gasteiger partial charge in [-0.1, -0.05) is 11.7 Å². The number of rotatable bonds is 3. The van der Waals surface area contributed by atoms with Crippen LogP contribution in [0.2, 0.25) is 0 Å². The van der Waals surface area contributed by atoms with Crippen molar-refractivity contribution in [2.45, 2.75) is 12.8 Å². The number of hydrazine groups is 1. The molecule has 27 heavy (non-hydrogen) atoms. The number of hydrogen-bond donors (Lipinski definition) is 1. The van der Waals surface area contributed by atoms with Gasteiger partial charge in [0.2, 0.25) is 0 Å². The Labute approximate surface area is 155 Å². The zero-order chi connectivity index (χ0) is 18.8. The van der Waals surface area contributed by atoms with E-state index in [0.29, 0.717) is 24.7 Å². The van der Waals surface area contributed by atoms with E-state index in [9.17, 15) is 13.6 Å². The zero-order valence-electron chi connectivity index (χ0n) is 14.4. The minimum Gasteiger partial charge on any atom is -0.391 e. The van der Waals surface area contributed by atoms with Crippen LogP contribution < -0.4 is 10.6 Å². The van der Waals surface area contributed by atoms with Crippen LogP contribution in [-0.4, -0.2) is 28.9 Å². The van der Waals surface area contributed by atoms with E-state index >= 15 is 0 Å². The highest BCUT2D eigenvalue weighted by molar-refractivity contribution is 5.94. The molecule has 1 amide bonds. The first kappa shape index (κ1) is 17.4. The largest absolute Gasteiger partial charge is 0.391 e. The van der Waals surface area contributed by atoms with Crippen LogP contribution in [0.25, 0.3) is 0 Å². The van der Waals surface area contributed by atoms with Crippen LogP contribution in [0.1, 0.15) is 23.2 Å². The predicted octanol–water partition coefficient (Wildman–Crippen LogP) is 3.01. The van der Waals surface area contributed by atoms with Crippen molar-refractivity contribution in [1.29, 1.82) is 0 Å². The van der Waals surface area contributed by atoms with Crippen molar-refractivity contribution in [3.05, 3.63) is 71.8 Å². The Balaban J connectivity index is 1.47. The number of hydrogen-bond acceptors (Lipinski definition) is 5. The van der Waals surface area contributed by atoms with Crippen LogP contribution in [0.5, 0.6) is 0 Å². The third-order valence-electron chi connectivity index (χ3n) is 4.69. The number of piperidine rings is 1. The molecule has 0 radical (unpaired) electrons. The lowest BCUT2D eigenvalue weighted by Gasteiger charge is -2.32. The van der Waals surface area contributed by atoms with Crippen molar-refractivity contribution in [3.63, 3.8) is 0 Å². The van der Waals surface area contributed by atoms with E-state index in [1.54, 1.807) is 22.3 Å². The fourth-order valence-corrected chi connectivity index (χ4v) is 3.31. The average Bonchev–Trinajstić information content (AvgIpc) is 3.19. The number of carbonyl (C=O) groups is 1. The summed E-state index contributed by atoms with van der Waals surface area (Å²) >= 11 is 0. The summed E-state index contributed by atoms with van der Waals surface area (Å²) in [4.78, 5) is 24.0. The van der Waals surface area contributed by atoms with Gasteiger partial charge in [0.15, 0.2) is 0 Å². The van der Waals surface area contributed by atoms with E-state index in [2.05, 4.69) is 10.6 Å². The first-order chi connectivity index (χ1) is 13.1. The van der Waals surface area contributed by atoms with E-state index < -0.39 is 17.5 Å². The number of amides is 1. The van der Waals surface area contributed by atoms with Gasteiger partial charge >= 0.3 is 0 Å². The highest BCUT2D eigenvalue weighted by Gasteiger charge is 2.31. The zero-order valence-corrected chi connectivity index (χ0v) is 14.4. The molecule has 3 heterocycles. The summed E-state index contributed by atoms with van der Waals surface area (Å²) in [5.41, 5.74) is 2.67. The van der Waals surface area contributed by atoms with Gasteiger partial charge in [-0.2, -0.15) is 0 Å². The summed E-state index contributed by atoms with van der Waals surface area (Å²) in [6.45, 7) is 0.927. The smallest absolute Gasteiger partial charge is 0.256 e. The molecule has 8 heteroatoms. The molecule has 0 bridgehead atoms. The van der Waals surface area contributed by atoms with Gasteiger partial charge in [0.05, 0.1) is 11.8 Å². The first-order valence-electron chi connectivity index (χ1n) is 8.70. The second kappa shape index (κ2) is 7.32. The lowest BCUT2D eigenvalue weighted by Crippen LogP contribution is -2.41. The molecule has 1 fully saturated rings. The van der Waals surface area contributed by atoms with Crippen molar-refractivity contribution < 1.29 is 18.4 Å². The van der Waals surface area contributed by atoms with E-state index in [1.807, 2.05) is 18.2 Å². The fraction of sp³-hybridized carbons (Fsp3) is 0.263. The summed E-state index contributed by atoms with van der Waals surface area (Å²) < 4.78 is 27.0. The lowest BCUT2D eigenvalue weighted by atomic mass is 9.95. The number of likely N-dealkylation sites (tertiary alicyclic amines) is 1. The molecule has 0 saturated carbocycles. The summed E-state index contributed by atoms with van der Waals surface area (Å²) in [6, 6.07) is 8.54. The molecular weight excluding hydrogens is 354 g/mol. The molecule has 2 aliphatic heterocycles. The molecule has 0 aliphatic carbocycles. The fourth-order valence-electron chi connectivity index (χ4n) is 3.31. The Bertz CT molecular complexity index is 875. The second-order valence-electron chi connectivity index (χ2n) is 6.50. The molecule has 0 unspecified atom stereocenters. The second-order valence-corrected chi connectivity index (χ2v) is 6.50. The topological polar surface area (TPSA) is 57.7 Å². The quantitative estimate of drug-likeness (QED) is 0.898. The van der Waals surface area contributed by atoms with Crippen LogP contribution in [0, 0.1) is 17.6 Å². The molecule has 140 valence electrons. The van der Waals surface area contributed by atoms with Crippen LogP contribution >= 0.6 is 0 Å². The molecule has 1 saturated heterocycles. The van der Waals surface area contributed by atoms with Crippen molar-refractivity contribution in [2.24, 2.45) is 5.92 Å². The Morgan fingerprint density at radius 2 is 2.15 bits per heavy atom. The summed E-state index contributed by atoms with van der Waals surface area (Å²) in [6.07, 6.45) is 5.10. The molecular formula is C19H18F2N4O2. The number of aromatic nitrogens is 1. The Kier molecular flexibility index (Phi) is 4.72. The van der Waals surface area contributed by atoms with Gasteiger partial charge in [0, 0.05) is 31.3 Å². The Hall–Kier alpha value is -3.00. The minimum absolute atomic E-state index is 0.0209. The predicted molar refractivity (Wildman–Crippen MR) is 94.0 cm³/mol. The number of anilines is 1.